The fraction of sp³-hybridized carbons (Fsp3) is 0.632. The van der Waals surface area contributed by atoms with Gasteiger partial charge in [-0.3, -0.25) is 9.59 Å². The van der Waals surface area contributed by atoms with E-state index < -0.39 is 0 Å². The maximum absolute atomic E-state index is 12.1. The zero-order valence-electron chi connectivity index (χ0n) is 15.3. The molecule has 1 aromatic heterocycles. The molecule has 0 unspecified atom stereocenters. The van der Waals surface area contributed by atoms with Gasteiger partial charge in [0.05, 0.1) is 25.0 Å². The molecular formula is C19H28N4O3. The van der Waals surface area contributed by atoms with E-state index >= 15 is 0 Å². The van der Waals surface area contributed by atoms with Crippen molar-refractivity contribution in [3.63, 3.8) is 0 Å². The van der Waals surface area contributed by atoms with E-state index in [1.165, 1.54) is 7.11 Å². The molecule has 2 aliphatic rings. The van der Waals surface area contributed by atoms with Crippen molar-refractivity contribution in [2.75, 3.05) is 20.2 Å². The largest absolute Gasteiger partial charge is 0.469 e. The Morgan fingerprint density at radius 1 is 1.23 bits per heavy atom. The van der Waals surface area contributed by atoms with Gasteiger partial charge in [0.1, 0.15) is 0 Å². The van der Waals surface area contributed by atoms with Gasteiger partial charge in [0.2, 0.25) is 5.91 Å². The number of esters is 1. The standard InChI is InChI=1S/C19H28N4O3/c1-26-19(25)14-2-4-15(5-3-14)22-18(24)7-6-16-12-23(13-21-16)17-8-10-20-11-9-17/h6-7,12-15,17,20H,2-5,8-11H2,1H3,(H,22,24). The Hall–Kier alpha value is -2.15. The number of carbonyl (C=O) groups is 2. The van der Waals surface area contributed by atoms with Crippen LogP contribution in [0.2, 0.25) is 0 Å². The summed E-state index contributed by atoms with van der Waals surface area (Å²) in [6, 6.07) is 0.616. The minimum Gasteiger partial charge on any atom is -0.469 e. The number of nitrogens with one attached hydrogen (secondary N) is 2. The van der Waals surface area contributed by atoms with Gasteiger partial charge in [0.25, 0.3) is 0 Å². The van der Waals surface area contributed by atoms with Crippen LogP contribution in [-0.4, -0.2) is 47.7 Å². The molecule has 0 atom stereocenters. The molecule has 1 amide bonds. The molecule has 1 saturated carbocycles. The summed E-state index contributed by atoms with van der Waals surface area (Å²) in [6.07, 6.45) is 12.5. The predicted octanol–water partition coefficient (Wildman–Crippen LogP) is 1.67. The molecule has 2 fully saturated rings. The van der Waals surface area contributed by atoms with Crippen LogP contribution in [0.25, 0.3) is 6.08 Å². The minimum absolute atomic E-state index is 0.0253. The van der Waals surface area contributed by atoms with E-state index in [1.807, 2.05) is 12.5 Å². The van der Waals surface area contributed by atoms with E-state index in [-0.39, 0.29) is 23.8 Å². The normalized spacial score (nSPS) is 24.5. The zero-order valence-corrected chi connectivity index (χ0v) is 15.3. The first-order valence-electron chi connectivity index (χ1n) is 9.46. The van der Waals surface area contributed by atoms with Gasteiger partial charge in [-0.1, -0.05) is 0 Å². The molecule has 0 bridgehead atoms. The Morgan fingerprint density at radius 3 is 2.65 bits per heavy atom. The number of imidazole rings is 1. The average molecular weight is 360 g/mol. The van der Waals surface area contributed by atoms with Crippen LogP contribution in [0.15, 0.2) is 18.6 Å². The van der Waals surface area contributed by atoms with Gasteiger partial charge in [-0.05, 0) is 57.7 Å². The van der Waals surface area contributed by atoms with Gasteiger partial charge in [0.15, 0.2) is 0 Å². The number of nitrogens with zero attached hydrogens (tertiary/aromatic N) is 2. The Morgan fingerprint density at radius 2 is 1.96 bits per heavy atom. The third-order valence-corrected chi connectivity index (χ3v) is 5.37. The van der Waals surface area contributed by atoms with E-state index in [4.69, 9.17) is 4.74 Å². The van der Waals surface area contributed by atoms with E-state index in [1.54, 1.807) is 12.2 Å². The quantitative estimate of drug-likeness (QED) is 0.616. The second kappa shape index (κ2) is 8.98. The summed E-state index contributed by atoms with van der Waals surface area (Å²) in [5.74, 6) is -0.274. The summed E-state index contributed by atoms with van der Waals surface area (Å²) in [7, 11) is 1.42. The molecule has 3 rings (SSSR count). The van der Waals surface area contributed by atoms with Crippen molar-refractivity contribution >= 4 is 18.0 Å². The molecule has 1 saturated heterocycles. The number of ether oxygens (including phenoxy) is 1. The first kappa shape index (κ1) is 18.6. The lowest BCUT2D eigenvalue weighted by Gasteiger charge is -2.27. The van der Waals surface area contributed by atoms with Crippen LogP contribution < -0.4 is 10.6 Å². The summed E-state index contributed by atoms with van der Waals surface area (Å²) < 4.78 is 6.93. The molecule has 2 heterocycles. The Bertz CT molecular complexity index is 641. The number of methoxy groups -OCH3 is 1. The Labute approximate surface area is 154 Å². The van der Waals surface area contributed by atoms with Gasteiger partial charge in [0, 0.05) is 24.4 Å². The topological polar surface area (TPSA) is 85.2 Å². The van der Waals surface area contributed by atoms with Crippen LogP contribution in [0.3, 0.4) is 0 Å². The zero-order chi connectivity index (χ0) is 18.4. The molecule has 0 spiro atoms. The fourth-order valence-corrected chi connectivity index (χ4v) is 3.79. The van der Waals surface area contributed by atoms with Crippen molar-refractivity contribution in [1.29, 1.82) is 0 Å². The van der Waals surface area contributed by atoms with Crippen LogP contribution in [0, 0.1) is 5.92 Å². The van der Waals surface area contributed by atoms with Gasteiger partial charge in [-0.2, -0.15) is 0 Å². The number of carbonyl (C=O) groups excluding carboxylic acids is 2. The highest BCUT2D eigenvalue weighted by atomic mass is 16.5. The van der Waals surface area contributed by atoms with E-state index in [0.29, 0.717) is 6.04 Å². The van der Waals surface area contributed by atoms with Crippen LogP contribution in [0.1, 0.15) is 50.3 Å². The highest BCUT2D eigenvalue weighted by Crippen LogP contribution is 2.25. The third kappa shape index (κ3) is 4.94. The molecule has 26 heavy (non-hydrogen) atoms. The van der Waals surface area contributed by atoms with Crippen molar-refractivity contribution < 1.29 is 14.3 Å². The summed E-state index contributed by atoms with van der Waals surface area (Å²) in [4.78, 5) is 28.0. The van der Waals surface area contributed by atoms with Crippen molar-refractivity contribution in [2.24, 2.45) is 5.92 Å². The maximum Gasteiger partial charge on any atom is 0.308 e. The van der Waals surface area contributed by atoms with Crippen LogP contribution in [0.5, 0.6) is 0 Å². The fourth-order valence-electron chi connectivity index (χ4n) is 3.79. The molecule has 2 N–H and O–H groups in total. The summed E-state index contributed by atoms with van der Waals surface area (Å²) in [6.45, 7) is 2.07. The van der Waals surface area contributed by atoms with E-state index in [9.17, 15) is 9.59 Å². The van der Waals surface area contributed by atoms with Gasteiger partial charge in [-0.25, -0.2) is 4.98 Å². The molecule has 7 nitrogen and oxygen atoms in total. The van der Waals surface area contributed by atoms with Crippen molar-refractivity contribution in [2.45, 2.75) is 50.6 Å². The number of amides is 1. The first-order valence-corrected chi connectivity index (χ1v) is 9.46. The Balaban J connectivity index is 1.45. The van der Waals surface area contributed by atoms with E-state index in [0.717, 1.165) is 57.3 Å². The SMILES string of the molecule is COC(=O)C1CCC(NC(=O)C=Cc2cn(C3CCNCC3)cn2)CC1. The molecule has 142 valence electrons. The molecule has 0 radical (unpaired) electrons. The third-order valence-electron chi connectivity index (χ3n) is 5.37. The van der Waals surface area contributed by atoms with Gasteiger partial charge in [-0.15, -0.1) is 0 Å². The first-order chi connectivity index (χ1) is 12.7. The van der Waals surface area contributed by atoms with Gasteiger partial charge < -0.3 is 19.9 Å². The highest BCUT2D eigenvalue weighted by molar-refractivity contribution is 5.91. The van der Waals surface area contributed by atoms with Crippen LogP contribution >= 0.6 is 0 Å². The smallest absolute Gasteiger partial charge is 0.308 e. The summed E-state index contributed by atoms with van der Waals surface area (Å²) in [5.41, 5.74) is 0.799. The molecule has 1 aliphatic heterocycles. The highest BCUT2D eigenvalue weighted by Gasteiger charge is 2.27. The lowest BCUT2D eigenvalue weighted by Crippen LogP contribution is -2.38. The number of piperidine rings is 1. The van der Waals surface area contributed by atoms with Crippen LogP contribution in [0.4, 0.5) is 0 Å². The minimum atomic E-state index is -0.140. The number of rotatable bonds is 5. The van der Waals surface area contributed by atoms with Crippen molar-refractivity contribution in [1.82, 2.24) is 20.2 Å². The van der Waals surface area contributed by atoms with Crippen LogP contribution in [-0.2, 0) is 14.3 Å². The summed E-state index contributed by atoms with van der Waals surface area (Å²) >= 11 is 0. The monoisotopic (exact) mass is 360 g/mol. The predicted molar refractivity (Wildman–Crippen MR) is 98.3 cm³/mol. The molecule has 1 aliphatic carbocycles. The molecule has 7 heteroatoms. The van der Waals surface area contributed by atoms with Gasteiger partial charge >= 0.3 is 5.97 Å². The molecular weight excluding hydrogens is 332 g/mol. The van der Waals surface area contributed by atoms with E-state index in [2.05, 4.69) is 20.2 Å². The Kier molecular flexibility index (Phi) is 6.44. The lowest BCUT2D eigenvalue weighted by molar-refractivity contribution is -0.146. The second-order valence-electron chi connectivity index (χ2n) is 7.14. The summed E-state index contributed by atoms with van der Waals surface area (Å²) in [5, 5.41) is 6.37. The molecule has 0 aromatic carbocycles. The number of hydrogen-bond donors (Lipinski definition) is 2. The van der Waals surface area contributed by atoms with Crippen molar-refractivity contribution in [3.05, 3.63) is 24.3 Å². The lowest BCUT2D eigenvalue weighted by atomic mass is 9.86. The maximum atomic E-state index is 12.1. The number of aromatic nitrogens is 2. The molecule has 1 aromatic rings. The second-order valence-corrected chi connectivity index (χ2v) is 7.14. The van der Waals surface area contributed by atoms with Crippen molar-refractivity contribution in [3.8, 4) is 0 Å². The average Bonchev–Trinajstić information content (AvgIpc) is 3.16. The number of hydrogen-bond acceptors (Lipinski definition) is 5.